The highest BCUT2D eigenvalue weighted by Gasteiger charge is 2.11. The van der Waals surface area contributed by atoms with Gasteiger partial charge in [0, 0.05) is 12.0 Å². The van der Waals surface area contributed by atoms with Gasteiger partial charge in [0.15, 0.2) is 6.10 Å². The Kier molecular flexibility index (Phi) is 10.9. The van der Waals surface area contributed by atoms with Gasteiger partial charge in [-0.05, 0) is 36.8 Å². The molecule has 1 unspecified atom stereocenters. The van der Waals surface area contributed by atoms with Crippen LogP contribution in [0.1, 0.15) is 63.4 Å². The molecule has 1 rings (SSSR count). The molecule has 0 aliphatic rings. The first-order valence-corrected chi connectivity index (χ1v) is 8.65. The van der Waals surface area contributed by atoms with Crippen LogP contribution in [0.2, 0.25) is 0 Å². The summed E-state index contributed by atoms with van der Waals surface area (Å²) in [6, 6.07) is 9.84. The Morgan fingerprint density at radius 2 is 1.54 bits per heavy atom. The molecule has 0 fully saturated rings. The molecule has 0 heterocycles. The van der Waals surface area contributed by atoms with Gasteiger partial charge in [0.2, 0.25) is 0 Å². The average molecular weight is 326 g/mol. The highest BCUT2D eigenvalue weighted by Crippen LogP contribution is 2.10. The van der Waals surface area contributed by atoms with Crippen LogP contribution in [0, 0.1) is 23.7 Å². The maximum Gasteiger partial charge on any atom is 0.332 e. The summed E-state index contributed by atoms with van der Waals surface area (Å²) in [5.74, 6) is 10.7. The third-order valence-electron chi connectivity index (χ3n) is 3.70. The second-order valence-corrected chi connectivity index (χ2v) is 5.79. The van der Waals surface area contributed by atoms with Crippen molar-refractivity contribution in [2.45, 2.75) is 63.9 Å². The minimum Gasteiger partial charge on any atom is -0.479 e. The van der Waals surface area contributed by atoms with E-state index in [1.165, 1.54) is 12.8 Å². The van der Waals surface area contributed by atoms with Crippen molar-refractivity contribution >= 4 is 5.97 Å². The fourth-order valence-electron chi connectivity index (χ4n) is 2.29. The lowest BCUT2D eigenvalue weighted by Gasteiger charge is -2.04. The van der Waals surface area contributed by atoms with E-state index in [0.29, 0.717) is 6.42 Å². The molecule has 24 heavy (non-hydrogen) atoms. The number of carboxylic acids is 1. The molecule has 1 aromatic rings. The molecule has 0 aliphatic carbocycles. The van der Waals surface area contributed by atoms with Crippen molar-refractivity contribution in [2.75, 3.05) is 0 Å². The molecule has 3 nitrogen and oxygen atoms in total. The summed E-state index contributed by atoms with van der Waals surface area (Å²) in [6.45, 7) is 0. The molecular weight excluding hydrogens is 300 g/mol. The van der Waals surface area contributed by atoms with Gasteiger partial charge in [-0.25, -0.2) is 4.79 Å². The third-order valence-corrected chi connectivity index (χ3v) is 3.70. The first-order chi connectivity index (χ1) is 11.7. The number of benzene rings is 1. The number of aliphatic carboxylic acids is 1. The van der Waals surface area contributed by atoms with E-state index in [2.05, 4.69) is 23.7 Å². The normalized spacial score (nSPS) is 10.9. The topological polar surface area (TPSA) is 57.5 Å². The fraction of sp³-hybridized carbons (Fsp3) is 0.476. The summed E-state index contributed by atoms with van der Waals surface area (Å²) in [4.78, 5) is 10.4. The zero-order chi connectivity index (χ0) is 17.5. The van der Waals surface area contributed by atoms with Crippen molar-refractivity contribution in [1.82, 2.24) is 0 Å². The fourth-order valence-corrected chi connectivity index (χ4v) is 2.29. The van der Waals surface area contributed by atoms with E-state index in [-0.39, 0.29) is 0 Å². The smallest absolute Gasteiger partial charge is 0.332 e. The first-order valence-electron chi connectivity index (χ1n) is 8.65. The Morgan fingerprint density at radius 1 is 0.917 bits per heavy atom. The van der Waals surface area contributed by atoms with Crippen molar-refractivity contribution < 1.29 is 15.0 Å². The zero-order valence-corrected chi connectivity index (χ0v) is 14.1. The monoisotopic (exact) mass is 326 g/mol. The summed E-state index contributed by atoms with van der Waals surface area (Å²) in [5.41, 5.74) is 0.989. The Bertz CT molecular complexity index is 584. The van der Waals surface area contributed by atoms with Crippen LogP contribution in [0.3, 0.4) is 0 Å². The predicted octanol–water partition coefficient (Wildman–Crippen LogP) is 4.00. The number of carboxylic acid groups (broad SMARTS) is 1. The molecule has 1 aromatic carbocycles. The van der Waals surface area contributed by atoms with E-state index < -0.39 is 12.1 Å². The number of unbranched alkanes of at least 4 members (excludes halogenated alkanes) is 7. The van der Waals surface area contributed by atoms with Gasteiger partial charge in [-0.2, -0.15) is 0 Å². The van der Waals surface area contributed by atoms with Gasteiger partial charge in [-0.3, -0.25) is 0 Å². The summed E-state index contributed by atoms with van der Waals surface area (Å²) in [6.07, 6.45) is 7.50. The number of hydrogen-bond donors (Lipinski definition) is 2. The van der Waals surface area contributed by atoms with Crippen LogP contribution in [-0.4, -0.2) is 22.3 Å². The lowest BCUT2D eigenvalue weighted by molar-refractivity contribution is -0.146. The number of carbonyl (C=O) groups is 1. The average Bonchev–Trinajstić information content (AvgIpc) is 2.59. The first kappa shape index (κ1) is 19.8. The van der Waals surface area contributed by atoms with Crippen molar-refractivity contribution in [3.05, 3.63) is 35.9 Å². The van der Waals surface area contributed by atoms with Crippen LogP contribution in [-0.2, 0) is 4.79 Å². The zero-order valence-electron chi connectivity index (χ0n) is 14.1. The van der Waals surface area contributed by atoms with Crippen molar-refractivity contribution in [3.8, 4) is 23.7 Å². The van der Waals surface area contributed by atoms with Crippen LogP contribution in [0.15, 0.2) is 30.3 Å². The minimum atomic E-state index is -1.20. The van der Waals surface area contributed by atoms with Gasteiger partial charge in [-0.1, -0.05) is 68.6 Å². The van der Waals surface area contributed by atoms with Crippen molar-refractivity contribution in [3.63, 3.8) is 0 Å². The number of aliphatic hydroxyl groups is 1. The lowest BCUT2D eigenvalue weighted by atomic mass is 10.1. The van der Waals surface area contributed by atoms with Gasteiger partial charge in [0.25, 0.3) is 0 Å². The van der Waals surface area contributed by atoms with E-state index in [0.717, 1.165) is 44.1 Å². The van der Waals surface area contributed by atoms with Crippen molar-refractivity contribution in [1.29, 1.82) is 0 Å². The molecule has 1 atom stereocenters. The van der Waals surface area contributed by atoms with Gasteiger partial charge in [0.1, 0.15) is 0 Å². The molecule has 0 spiro atoms. The molecule has 0 aliphatic heterocycles. The van der Waals surface area contributed by atoms with E-state index in [1.54, 1.807) is 0 Å². The van der Waals surface area contributed by atoms with E-state index in [4.69, 9.17) is 10.2 Å². The molecular formula is C21H26O3. The molecule has 2 N–H and O–H groups in total. The third kappa shape index (κ3) is 10.5. The number of aliphatic hydroxyl groups excluding tert-OH is 1. The Labute approximate surface area is 145 Å². The summed E-state index contributed by atoms with van der Waals surface area (Å²) < 4.78 is 0. The molecule has 0 saturated carbocycles. The quantitative estimate of drug-likeness (QED) is 0.505. The summed E-state index contributed by atoms with van der Waals surface area (Å²) >= 11 is 0. The van der Waals surface area contributed by atoms with Crippen LogP contribution in [0.4, 0.5) is 0 Å². The van der Waals surface area contributed by atoms with Gasteiger partial charge < -0.3 is 10.2 Å². The van der Waals surface area contributed by atoms with E-state index in [1.807, 2.05) is 30.3 Å². The number of hydrogen-bond acceptors (Lipinski definition) is 2. The molecule has 0 amide bonds. The second kappa shape index (κ2) is 13.2. The maximum atomic E-state index is 10.4. The van der Waals surface area contributed by atoms with E-state index in [9.17, 15) is 4.79 Å². The van der Waals surface area contributed by atoms with Gasteiger partial charge in [0.05, 0.1) is 0 Å². The molecule has 3 heteroatoms. The Balaban J connectivity index is 1.94. The summed E-state index contributed by atoms with van der Waals surface area (Å²) in [7, 11) is 0. The maximum absolute atomic E-state index is 10.4. The van der Waals surface area contributed by atoms with Crippen LogP contribution >= 0.6 is 0 Å². The SMILES string of the molecule is O=C(O)C(O)CCCCCCCCCC#CC#Cc1ccccc1. The van der Waals surface area contributed by atoms with Gasteiger partial charge in [-0.15, -0.1) is 0 Å². The van der Waals surface area contributed by atoms with Crippen LogP contribution in [0.25, 0.3) is 0 Å². The number of rotatable bonds is 10. The van der Waals surface area contributed by atoms with E-state index >= 15 is 0 Å². The Hall–Kier alpha value is -2.23. The largest absolute Gasteiger partial charge is 0.479 e. The molecule has 0 radical (unpaired) electrons. The van der Waals surface area contributed by atoms with Crippen LogP contribution < -0.4 is 0 Å². The molecule has 0 saturated heterocycles. The van der Waals surface area contributed by atoms with Crippen LogP contribution in [0.5, 0.6) is 0 Å². The molecule has 0 bridgehead atoms. The summed E-state index contributed by atoms with van der Waals surface area (Å²) in [5, 5.41) is 17.7. The highest BCUT2D eigenvalue weighted by atomic mass is 16.4. The van der Waals surface area contributed by atoms with Gasteiger partial charge >= 0.3 is 5.97 Å². The van der Waals surface area contributed by atoms with Crippen molar-refractivity contribution in [2.24, 2.45) is 0 Å². The lowest BCUT2D eigenvalue weighted by Crippen LogP contribution is -2.18. The standard InChI is InChI=1S/C21H26O3/c22-20(21(23)24)18-14-9-7-5-3-1-2-4-6-8-11-15-19-16-12-10-13-17-19/h10,12-13,16-17,20,22H,1-5,7,9,14,18H2,(H,23,24). The molecule has 0 aromatic heterocycles. The minimum absolute atomic E-state index is 0.356. The Morgan fingerprint density at radius 3 is 2.21 bits per heavy atom. The molecule has 128 valence electrons. The highest BCUT2D eigenvalue weighted by molar-refractivity contribution is 5.71. The predicted molar refractivity (Wildman–Crippen MR) is 96.3 cm³/mol. The second-order valence-electron chi connectivity index (χ2n) is 5.79.